The summed E-state index contributed by atoms with van der Waals surface area (Å²) < 4.78 is 11.5. The number of ether oxygens (including phenoxy) is 2. The molecule has 0 spiro atoms. The van der Waals surface area contributed by atoms with E-state index >= 15 is 0 Å². The standard InChI is InChI=1S/C18H34O2/c1-6-7-8-9-10-11-12-13-14-15-18(19-16(2)3)20-17(4)5/h10-11,13-14,16-18H,6-9,12,15H2,1-5H3/b11-10-,14-13-. The Morgan fingerprint density at radius 1 is 0.800 bits per heavy atom. The van der Waals surface area contributed by atoms with E-state index in [0.717, 1.165) is 12.8 Å². The third-order valence-electron chi connectivity index (χ3n) is 2.76. The number of hydrogen-bond donors (Lipinski definition) is 0. The van der Waals surface area contributed by atoms with Gasteiger partial charge in [-0.15, -0.1) is 0 Å². The lowest BCUT2D eigenvalue weighted by Crippen LogP contribution is -2.23. The summed E-state index contributed by atoms with van der Waals surface area (Å²) in [5.41, 5.74) is 0. The number of rotatable bonds is 12. The van der Waals surface area contributed by atoms with E-state index in [2.05, 4.69) is 31.2 Å². The van der Waals surface area contributed by atoms with Crippen molar-refractivity contribution in [3.63, 3.8) is 0 Å². The largest absolute Gasteiger partial charge is 0.350 e. The van der Waals surface area contributed by atoms with Crippen LogP contribution in [0.15, 0.2) is 24.3 Å². The predicted molar refractivity (Wildman–Crippen MR) is 87.9 cm³/mol. The summed E-state index contributed by atoms with van der Waals surface area (Å²) in [7, 11) is 0. The minimum absolute atomic E-state index is 0.125. The number of allylic oxidation sites excluding steroid dienone is 3. The topological polar surface area (TPSA) is 18.5 Å². The summed E-state index contributed by atoms with van der Waals surface area (Å²) >= 11 is 0. The Labute approximate surface area is 126 Å². The second kappa shape index (κ2) is 13.4. The summed E-state index contributed by atoms with van der Waals surface area (Å²) in [5.74, 6) is 0. The molecule has 0 fully saturated rings. The third kappa shape index (κ3) is 13.8. The quantitative estimate of drug-likeness (QED) is 0.262. The number of unbranched alkanes of at least 4 members (excludes halogenated alkanes) is 3. The fourth-order valence-electron chi connectivity index (χ4n) is 1.86. The molecular formula is C18H34O2. The average molecular weight is 282 g/mol. The minimum atomic E-state index is -0.125. The molecule has 0 rings (SSSR count). The molecule has 0 aromatic carbocycles. The van der Waals surface area contributed by atoms with Crippen LogP contribution in [0.5, 0.6) is 0 Å². The van der Waals surface area contributed by atoms with Crippen LogP contribution in [0.3, 0.4) is 0 Å². The Morgan fingerprint density at radius 2 is 1.40 bits per heavy atom. The zero-order chi connectivity index (χ0) is 15.2. The first-order chi connectivity index (χ1) is 9.56. The van der Waals surface area contributed by atoms with Crippen LogP contribution in [0, 0.1) is 0 Å². The normalized spacial score (nSPS) is 12.8. The maximum atomic E-state index is 5.74. The molecule has 0 unspecified atom stereocenters. The first kappa shape index (κ1) is 19.4. The van der Waals surface area contributed by atoms with Gasteiger partial charge in [-0.3, -0.25) is 0 Å². The highest BCUT2D eigenvalue weighted by Gasteiger charge is 2.11. The monoisotopic (exact) mass is 282 g/mol. The van der Waals surface area contributed by atoms with E-state index < -0.39 is 0 Å². The molecule has 2 nitrogen and oxygen atoms in total. The number of hydrogen-bond acceptors (Lipinski definition) is 2. The first-order valence-corrected chi connectivity index (χ1v) is 8.17. The predicted octanol–water partition coefficient (Wildman–Crippen LogP) is 5.64. The molecule has 2 heteroatoms. The van der Waals surface area contributed by atoms with Gasteiger partial charge in [0.15, 0.2) is 6.29 Å². The third-order valence-corrected chi connectivity index (χ3v) is 2.76. The van der Waals surface area contributed by atoms with E-state index in [0.29, 0.717) is 0 Å². The van der Waals surface area contributed by atoms with Gasteiger partial charge in [-0.05, 0) is 47.0 Å². The molecule has 20 heavy (non-hydrogen) atoms. The van der Waals surface area contributed by atoms with E-state index in [1.54, 1.807) is 0 Å². The van der Waals surface area contributed by atoms with Crippen molar-refractivity contribution < 1.29 is 9.47 Å². The highest BCUT2D eigenvalue weighted by atomic mass is 16.7. The molecule has 0 radical (unpaired) electrons. The maximum absolute atomic E-state index is 5.74. The van der Waals surface area contributed by atoms with Gasteiger partial charge in [0.2, 0.25) is 0 Å². The van der Waals surface area contributed by atoms with E-state index in [9.17, 15) is 0 Å². The molecule has 0 bridgehead atoms. The lowest BCUT2D eigenvalue weighted by atomic mass is 10.2. The zero-order valence-corrected chi connectivity index (χ0v) is 14.1. The zero-order valence-electron chi connectivity index (χ0n) is 14.1. The molecule has 0 aliphatic heterocycles. The van der Waals surface area contributed by atoms with E-state index in [4.69, 9.17) is 9.47 Å². The van der Waals surface area contributed by atoms with Gasteiger partial charge in [-0.2, -0.15) is 0 Å². The van der Waals surface area contributed by atoms with E-state index in [1.807, 2.05) is 27.7 Å². The van der Waals surface area contributed by atoms with Crippen molar-refractivity contribution in [1.82, 2.24) is 0 Å². The van der Waals surface area contributed by atoms with Crippen molar-refractivity contribution in [3.8, 4) is 0 Å². The van der Waals surface area contributed by atoms with Crippen molar-refractivity contribution in [2.75, 3.05) is 0 Å². The van der Waals surface area contributed by atoms with E-state index in [1.165, 1.54) is 25.7 Å². The van der Waals surface area contributed by atoms with Crippen molar-refractivity contribution in [3.05, 3.63) is 24.3 Å². The summed E-state index contributed by atoms with van der Waals surface area (Å²) in [4.78, 5) is 0. The first-order valence-electron chi connectivity index (χ1n) is 8.17. The molecule has 0 saturated heterocycles. The van der Waals surface area contributed by atoms with Crippen molar-refractivity contribution >= 4 is 0 Å². The Morgan fingerprint density at radius 3 is 1.95 bits per heavy atom. The van der Waals surface area contributed by atoms with Gasteiger partial charge in [0.05, 0.1) is 12.2 Å². The van der Waals surface area contributed by atoms with Gasteiger partial charge in [-0.25, -0.2) is 0 Å². The maximum Gasteiger partial charge on any atom is 0.161 e. The summed E-state index contributed by atoms with van der Waals surface area (Å²) in [5, 5.41) is 0. The molecule has 0 aliphatic rings. The molecular weight excluding hydrogens is 248 g/mol. The fraction of sp³-hybridized carbons (Fsp3) is 0.778. The van der Waals surface area contributed by atoms with Crippen LogP contribution in [-0.2, 0) is 9.47 Å². The van der Waals surface area contributed by atoms with Crippen LogP contribution in [-0.4, -0.2) is 18.5 Å². The Balaban J connectivity index is 3.81. The van der Waals surface area contributed by atoms with Gasteiger partial charge in [0.1, 0.15) is 0 Å². The molecule has 0 aromatic rings. The van der Waals surface area contributed by atoms with Crippen LogP contribution in [0.2, 0.25) is 0 Å². The minimum Gasteiger partial charge on any atom is -0.350 e. The highest BCUT2D eigenvalue weighted by Crippen LogP contribution is 2.09. The molecule has 0 atom stereocenters. The Kier molecular flexibility index (Phi) is 13.0. The molecule has 118 valence electrons. The van der Waals surface area contributed by atoms with Crippen molar-refractivity contribution in [1.29, 1.82) is 0 Å². The molecule has 0 saturated carbocycles. The van der Waals surface area contributed by atoms with Gasteiger partial charge in [0, 0.05) is 6.42 Å². The highest BCUT2D eigenvalue weighted by molar-refractivity contribution is 4.93. The van der Waals surface area contributed by atoms with Gasteiger partial charge in [-0.1, -0.05) is 44.1 Å². The van der Waals surface area contributed by atoms with Gasteiger partial charge < -0.3 is 9.47 Å². The molecule has 0 aromatic heterocycles. The molecule has 0 N–H and O–H groups in total. The lowest BCUT2D eigenvalue weighted by Gasteiger charge is -2.21. The molecule has 0 heterocycles. The van der Waals surface area contributed by atoms with Crippen molar-refractivity contribution in [2.45, 2.75) is 91.6 Å². The van der Waals surface area contributed by atoms with Crippen LogP contribution >= 0.6 is 0 Å². The van der Waals surface area contributed by atoms with Gasteiger partial charge >= 0.3 is 0 Å². The molecule has 0 amide bonds. The molecule has 0 aliphatic carbocycles. The van der Waals surface area contributed by atoms with Gasteiger partial charge in [0.25, 0.3) is 0 Å². The Bertz CT molecular complexity index is 244. The van der Waals surface area contributed by atoms with Crippen molar-refractivity contribution in [2.24, 2.45) is 0 Å². The fourth-order valence-corrected chi connectivity index (χ4v) is 1.86. The van der Waals surface area contributed by atoms with Crippen LogP contribution in [0.1, 0.15) is 73.1 Å². The lowest BCUT2D eigenvalue weighted by molar-refractivity contribution is -0.178. The van der Waals surface area contributed by atoms with E-state index in [-0.39, 0.29) is 18.5 Å². The SMILES string of the molecule is CCCCC/C=C\C/C=C\CC(OC(C)C)OC(C)C. The average Bonchev–Trinajstić information content (AvgIpc) is 2.35. The van der Waals surface area contributed by atoms with Crippen LogP contribution in [0.25, 0.3) is 0 Å². The second-order valence-corrected chi connectivity index (χ2v) is 5.71. The summed E-state index contributed by atoms with van der Waals surface area (Å²) in [6.07, 6.45) is 16.1. The smallest absolute Gasteiger partial charge is 0.161 e. The van der Waals surface area contributed by atoms with Crippen LogP contribution < -0.4 is 0 Å². The summed E-state index contributed by atoms with van der Waals surface area (Å²) in [6, 6.07) is 0. The Hall–Kier alpha value is -0.600. The second-order valence-electron chi connectivity index (χ2n) is 5.71. The summed E-state index contributed by atoms with van der Waals surface area (Å²) in [6.45, 7) is 10.4. The van der Waals surface area contributed by atoms with Crippen LogP contribution in [0.4, 0.5) is 0 Å².